The molecule has 6 nitrogen and oxygen atoms in total. The number of hydrogen-bond donors (Lipinski definition) is 2. The van der Waals surface area contributed by atoms with Gasteiger partial charge in [-0.25, -0.2) is 14.2 Å². The van der Waals surface area contributed by atoms with Gasteiger partial charge in [-0.1, -0.05) is 17.4 Å². The van der Waals surface area contributed by atoms with E-state index in [0.29, 0.717) is 20.9 Å². The fourth-order valence-corrected chi connectivity index (χ4v) is 3.33. The second-order valence-electron chi connectivity index (χ2n) is 7.27. The molecule has 2 N–H and O–H groups in total. The summed E-state index contributed by atoms with van der Waals surface area (Å²) >= 11 is 1.22. The van der Waals surface area contributed by atoms with Crippen molar-refractivity contribution in [2.24, 2.45) is 0 Å². The van der Waals surface area contributed by atoms with Crippen LogP contribution in [-0.4, -0.2) is 22.6 Å². The van der Waals surface area contributed by atoms with Crippen LogP contribution in [0.5, 0.6) is 0 Å². The molecule has 3 aromatic rings. The third-order valence-electron chi connectivity index (χ3n) is 3.63. The molecule has 1 aromatic heterocycles. The third-order valence-corrected chi connectivity index (χ3v) is 4.56. The molecular weight excluding hydrogens is 381 g/mol. The molecule has 0 aliphatic heterocycles. The largest absolute Gasteiger partial charge is 0.444 e. The van der Waals surface area contributed by atoms with Crippen LogP contribution in [0.25, 0.3) is 10.2 Å². The van der Waals surface area contributed by atoms with E-state index in [1.54, 1.807) is 51.1 Å². The second-order valence-corrected chi connectivity index (χ2v) is 8.30. The maximum atomic E-state index is 13.9. The van der Waals surface area contributed by atoms with Crippen molar-refractivity contribution in [2.75, 3.05) is 10.6 Å². The normalized spacial score (nSPS) is 11.3. The zero-order valence-corrected chi connectivity index (χ0v) is 16.7. The SMILES string of the molecule is Cc1ccc(F)c(NC(=O)c2ccc3nc(NC(=O)OC(C)(C)C)sc3c2)c1. The van der Waals surface area contributed by atoms with Crippen molar-refractivity contribution >= 4 is 44.4 Å². The summed E-state index contributed by atoms with van der Waals surface area (Å²) in [5.41, 5.74) is 1.35. The van der Waals surface area contributed by atoms with Crippen molar-refractivity contribution in [3.63, 3.8) is 0 Å². The number of hydrogen-bond acceptors (Lipinski definition) is 5. The van der Waals surface area contributed by atoms with Gasteiger partial charge in [0.2, 0.25) is 0 Å². The summed E-state index contributed by atoms with van der Waals surface area (Å²) in [6, 6.07) is 9.44. The lowest BCUT2D eigenvalue weighted by molar-refractivity contribution is 0.0635. The van der Waals surface area contributed by atoms with E-state index in [4.69, 9.17) is 4.74 Å². The number of nitrogens with zero attached hydrogens (tertiary/aromatic N) is 1. The molecule has 0 unspecified atom stereocenters. The average Bonchev–Trinajstić information content (AvgIpc) is 2.97. The molecule has 0 aliphatic rings. The molecule has 0 fully saturated rings. The molecule has 0 aliphatic carbocycles. The molecule has 28 heavy (non-hydrogen) atoms. The Hall–Kier alpha value is -3.00. The number of anilines is 2. The summed E-state index contributed by atoms with van der Waals surface area (Å²) in [4.78, 5) is 28.7. The Balaban J connectivity index is 1.77. The van der Waals surface area contributed by atoms with Gasteiger partial charge in [-0.2, -0.15) is 0 Å². The monoisotopic (exact) mass is 401 g/mol. The van der Waals surface area contributed by atoms with Crippen LogP contribution in [0.3, 0.4) is 0 Å². The first-order chi connectivity index (χ1) is 13.1. The second kappa shape index (κ2) is 7.55. The minimum absolute atomic E-state index is 0.127. The van der Waals surface area contributed by atoms with E-state index in [0.717, 1.165) is 5.56 Å². The van der Waals surface area contributed by atoms with Gasteiger partial charge in [0.1, 0.15) is 11.4 Å². The van der Waals surface area contributed by atoms with Crippen LogP contribution in [0.4, 0.5) is 20.0 Å². The number of fused-ring (bicyclic) bond motifs is 1. The number of rotatable bonds is 3. The van der Waals surface area contributed by atoms with Crippen LogP contribution in [0.15, 0.2) is 36.4 Å². The highest BCUT2D eigenvalue weighted by molar-refractivity contribution is 7.22. The summed E-state index contributed by atoms with van der Waals surface area (Å²) in [6.07, 6.45) is -0.598. The Morgan fingerprint density at radius 2 is 1.86 bits per heavy atom. The summed E-state index contributed by atoms with van der Waals surface area (Å²) in [5, 5.41) is 5.53. The minimum atomic E-state index is -0.614. The number of carbonyl (C=O) groups is 2. The molecule has 0 saturated carbocycles. The van der Waals surface area contributed by atoms with Gasteiger partial charge in [-0.3, -0.25) is 10.1 Å². The number of nitrogens with one attached hydrogen (secondary N) is 2. The van der Waals surface area contributed by atoms with Gasteiger partial charge >= 0.3 is 6.09 Å². The number of aromatic nitrogens is 1. The number of ether oxygens (including phenoxy) is 1. The van der Waals surface area contributed by atoms with E-state index < -0.39 is 23.4 Å². The molecule has 0 atom stereocenters. The fourth-order valence-electron chi connectivity index (χ4n) is 2.44. The van der Waals surface area contributed by atoms with Crippen molar-refractivity contribution in [3.8, 4) is 0 Å². The molecule has 146 valence electrons. The van der Waals surface area contributed by atoms with Crippen LogP contribution >= 0.6 is 11.3 Å². The quantitative estimate of drug-likeness (QED) is 0.620. The Kier molecular flexibility index (Phi) is 5.33. The van der Waals surface area contributed by atoms with E-state index >= 15 is 0 Å². The Morgan fingerprint density at radius 3 is 2.57 bits per heavy atom. The van der Waals surface area contributed by atoms with Crippen LogP contribution in [0.1, 0.15) is 36.7 Å². The van der Waals surface area contributed by atoms with Crippen molar-refractivity contribution in [1.29, 1.82) is 0 Å². The van der Waals surface area contributed by atoms with E-state index in [2.05, 4.69) is 15.6 Å². The molecule has 1 heterocycles. The maximum absolute atomic E-state index is 13.9. The molecule has 0 spiro atoms. The summed E-state index contributed by atoms with van der Waals surface area (Å²) in [6.45, 7) is 7.13. The lowest BCUT2D eigenvalue weighted by Crippen LogP contribution is -2.27. The predicted octanol–water partition coefficient (Wildman–Crippen LogP) is 5.34. The smallest absolute Gasteiger partial charge is 0.413 e. The van der Waals surface area contributed by atoms with E-state index in [-0.39, 0.29) is 5.69 Å². The van der Waals surface area contributed by atoms with Crippen LogP contribution < -0.4 is 10.6 Å². The lowest BCUT2D eigenvalue weighted by atomic mass is 10.1. The van der Waals surface area contributed by atoms with Crippen LogP contribution in [-0.2, 0) is 4.74 Å². The first-order valence-corrected chi connectivity index (χ1v) is 9.40. The van der Waals surface area contributed by atoms with Gasteiger partial charge in [-0.05, 0) is 63.6 Å². The standard InChI is InChI=1S/C20H20FN3O3S/c1-11-5-7-13(21)15(9-11)22-17(25)12-6-8-14-16(10-12)28-18(23-14)24-19(26)27-20(2,3)4/h5-10H,1-4H3,(H,22,25)(H,23,24,26). The van der Waals surface area contributed by atoms with Crippen molar-refractivity contribution in [2.45, 2.75) is 33.3 Å². The van der Waals surface area contributed by atoms with E-state index in [1.807, 2.05) is 6.92 Å². The van der Waals surface area contributed by atoms with Crippen LogP contribution in [0, 0.1) is 12.7 Å². The van der Waals surface area contributed by atoms with Gasteiger partial charge in [0.15, 0.2) is 5.13 Å². The first-order valence-electron chi connectivity index (χ1n) is 8.59. The van der Waals surface area contributed by atoms with Gasteiger partial charge in [-0.15, -0.1) is 0 Å². The molecule has 0 radical (unpaired) electrons. The van der Waals surface area contributed by atoms with Gasteiger partial charge in [0.05, 0.1) is 15.9 Å². The summed E-state index contributed by atoms with van der Waals surface area (Å²) in [5.74, 6) is -0.928. The topological polar surface area (TPSA) is 80.3 Å². The highest BCUT2D eigenvalue weighted by Crippen LogP contribution is 2.28. The number of benzene rings is 2. The number of halogens is 1. The highest BCUT2D eigenvalue weighted by atomic mass is 32.1. The Bertz CT molecular complexity index is 1060. The Morgan fingerprint density at radius 1 is 1.11 bits per heavy atom. The summed E-state index contributed by atoms with van der Waals surface area (Å²) in [7, 11) is 0. The van der Waals surface area contributed by atoms with E-state index in [1.165, 1.54) is 17.4 Å². The molecule has 0 bridgehead atoms. The lowest BCUT2D eigenvalue weighted by Gasteiger charge is -2.18. The number of aryl methyl sites for hydroxylation is 1. The predicted molar refractivity (Wildman–Crippen MR) is 109 cm³/mol. The van der Waals surface area contributed by atoms with E-state index in [9.17, 15) is 14.0 Å². The molecule has 0 saturated heterocycles. The summed E-state index contributed by atoms with van der Waals surface area (Å²) < 4.78 is 19.8. The molecule has 3 rings (SSSR count). The maximum Gasteiger partial charge on any atom is 0.413 e. The highest BCUT2D eigenvalue weighted by Gasteiger charge is 2.18. The van der Waals surface area contributed by atoms with Crippen molar-refractivity contribution in [3.05, 3.63) is 53.3 Å². The zero-order valence-electron chi connectivity index (χ0n) is 15.9. The zero-order chi connectivity index (χ0) is 20.5. The molecule has 2 aromatic carbocycles. The van der Waals surface area contributed by atoms with Gasteiger partial charge in [0.25, 0.3) is 5.91 Å². The number of carbonyl (C=O) groups excluding carboxylic acids is 2. The number of amides is 2. The number of thiazole rings is 1. The molecule has 2 amide bonds. The Labute approximate surface area is 165 Å². The average molecular weight is 401 g/mol. The van der Waals surface area contributed by atoms with Gasteiger partial charge in [0, 0.05) is 5.56 Å². The van der Waals surface area contributed by atoms with Crippen molar-refractivity contribution in [1.82, 2.24) is 4.98 Å². The first kappa shape index (κ1) is 19.8. The van der Waals surface area contributed by atoms with Crippen molar-refractivity contribution < 1.29 is 18.7 Å². The van der Waals surface area contributed by atoms with Crippen LogP contribution in [0.2, 0.25) is 0 Å². The van der Waals surface area contributed by atoms with Gasteiger partial charge < -0.3 is 10.1 Å². The fraction of sp³-hybridized carbons (Fsp3) is 0.250. The third kappa shape index (κ3) is 4.83. The molecular formula is C20H20FN3O3S. The minimum Gasteiger partial charge on any atom is -0.444 e. The molecule has 8 heteroatoms.